The van der Waals surface area contributed by atoms with Gasteiger partial charge in [-0.05, 0) is 32.8 Å². The Morgan fingerprint density at radius 2 is 1.68 bits per heavy atom. The molecule has 0 fully saturated rings. The van der Waals surface area contributed by atoms with Gasteiger partial charge in [-0.1, -0.05) is 30.3 Å². The van der Waals surface area contributed by atoms with Gasteiger partial charge in [-0.2, -0.15) is 0 Å². The Labute approximate surface area is 132 Å². The molecule has 0 heterocycles. The van der Waals surface area contributed by atoms with Crippen LogP contribution in [-0.2, 0) is 29.6 Å². The van der Waals surface area contributed by atoms with E-state index in [2.05, 4.69) is 0 Å². The van der Waals surface area contributed by atoms with E-state index in [1.165, 1.54) is 14.2 Å². The molecule has 124 valence electrons. The number of carbonyl (C=O) groups is 1. The molecule has 0 aromatic heterocycles. The number of benzene rings is 1. The quantitative estimate of drug-likeness (QED) is 0.564. The van der Waals surface area contributed by atoms with E-state index in [0.29, 0.717) is 6.42 Å². The normalized spacial score (nSPS) is 13.7. The lowest BCUT2D eigenvalue weighted by atomic mass is 10.0. The Hall–Kier alpha value is -1.16. The van der Waals surface area contributed by atoms with Crippen LogP contribution in [0.25, 0.3) is 0 Å². The van der Waals surface area contributed by atoms with E-state index in [1.54, 1.807) is 20.8 Å². The molecule has 1 aromatic carbocycles. The lowest BCUT2D eigenvalue weighted by Crippen LogP contribution is -2.31. The zero-order valence-electron chi connectivity index (χ0n) is 13.9. The summed E-state index contributed by atoms with van der Waals surface area (Å²) in [6, 6.07) is 9.53. The summed E-state index contributed by atoms with van der Waals surface area (Å²) in [5, 5.41) is 0. The zero-order valence-corrected chi connectivity index (χ0v) is 14.8. The summed E-state index contributed by atoms with van der Waals surface area (Å²) in [6.07, 6.45) is 0.413. The van der Waals surface area contributed by atoms with E-state index in [9.17, 15) is 9.36 Å². The Morgan fingerprint density at radius 1 is 1.14 bits per heavy atom. The maximum Gasteiger partial charge on any atom is 0.331 e. The smallest absolute Gasteiger partial charge is 0.331 e. The summed E-state index contributed by atoms with van der Waals surface area (Å²) in [4.78, 5) is 12.4. The van der Waals surface area contributed by atoms with Crippen molar-refractivity contribution >= 4 is 13.6 Å². The summed E-state index contributed by atoms with van der Waals surface area (Å²) in [6.45, 7) is 5.41. The van der Waals surface area contributed by atoms with Crippen molar-refractivity contribution in [3.05, 3.63) is 35.9 Å². The van der Waals surface area contributed by atoms with Crippen LogP contribution >= 0.6 is 7.60 Å². The van der Waals surface area contributed by atoms with Gasteiger partial charge in [-0.3, -0.25) is 9.36 Å². The molecule has 1 unspecified atom stereocenters. The first-order valence-corrected chi connectivity index (χ1v) is 8.89. The van der Waals surface area contributed by atoms with Crippen molar-refractivity contribution in [1.82, 2.24) is 0 Å². The maximum absolute atomic E-state index is 12.4. The van der Waals surface area contributed by atoms with E-state index < -0.39 is 25.1 Å². The average molecular weight is 328 g/mol. The Bertz CT molecular complexity index is 513. The van der Waals surface area contributed by atoms with Gasteiger partial charge in [0.1, 0.15) is 5.60 Å². The standard InChI is InChI=1S/C16H25O5P/c1-16(2,3)21-15(17)14(12-22(18,19-4)20-5)11-13-9-7-6-8-10-13/h6-10,14H,11-12H2,1-5H3. The highest BCUT2D eigenvalue weighted by atomic mass is 31.2. The van der Waals surface area contributed by atoms with Gasteiger partial charge in [0.2, 0.25) is 0 Å². The first-order valence-electron chi connectivity index (χ1n) is 7.16. The van der Waals surface area contributed by atoms with Crippen molar-refractivity contribution in [2.75, 3.05) is 20.4 Å². The fourth-order valence-corrected chi connectivity index (χ4v) is 3.26. The van der Waals surface area contributed by atoms with Gasteiger partial charge >= 0.3 is 13.6 Å². The van der Waals surface area contributed by atoms with E-state index >= 15 is 0 Å². The van der Waals surface area contributed by atoms with E-state index in [4.69, 9.17) is 13.8 Å². The highest BCUT2D eigenvalue weighted by Crippen LogP contribution is 2.48. The maximum atomic E-state index is 12.4. The fourth-order valence-electron chi connectivity index (χ4n) is 2.00. The minimum absolute atomic E-state index is 0.0101. The summed E-state index contributed by atoms with van der Waals surface area (Å²) < 4.78 is 27.7. The third-order valence-electron chi connectivity index (χ3n) is 3.07. The molecule has 6 heteroatoms. The molecular formula is C16H25O5P. The summed E-state index contributed by atoms with van der Waals surface area (Å²) in [5.74, 6) is -0.988. The van der Waals surface area contributed by atoms with E-state index in [-0.39, 0.29) is 6.16 Å². The highest BCUT2D eigenvalue weighted by Gasteiger charge is 2.34. The molecule has 0 saturated heterocycles. The Balaban J connectivity index is 2.94. The van der Waals surface area contributed by atoms with Crippen molar-refractivity contribution in [3.8, 4) is 0 Å². The van der Waals surface area contributed by atoms with Crippen LogP contribution in [0, 0.1) is 5.92 Å². The highest BCUT2D eigenvalue weighted by molar-refractivity contribution is 7.53. The summed E-state index contributed by atoms with van der Waals surface area (Å²) in [7, 11) is -0.658. The minimum Gasteiger partial charge on any atom is -0.460 e. The monoisotopic (exact) mass is 328 g/mol. The van der Waals surface area contributed by atoms with E-state index in [1.807, 2.05) is 30.3 Å². The van der Waals surface area contributed by atoms with E-state index in [0.717, 1.165) is 5.56 Å². The van der Waals surface area contributed by atoms with Gasteiger partial charge in [0.15, 0.2) is 0 Å². The average Bonchev–Trinajstić information content (AvgIpc) is 2.45. The molecule has 0 amide bonds. The van der Waals surface area contributed by atoms with Gasteiger partial charge in [-0.15, -0.1) is 0 Å². The zero-order chi connectivity index (χ0) is 16.8. The second-order valence-corrected chi connectivity index (χ2v) is 8.40. The van der Waals surface area contributed by atoms with Crippen molar-refractivity contribution in [2.45, 2.75) is 32.8 Å². The molecule has 0 radical (unpaired) electrons. The van der Waals surface area contributed by atoms with Crippen molar-refractivity contribution in [2.24, 2.45) is 5.92 Å². The van der Waals surface area contributed by atoms with Crippen LogP contribution in [0.15, 0.2) is 30.3 Å². The van der Waals surface area contributed by atoms with Crippen LogP contribution in [-0.4, -0.2) is 32.0 Å². The molecule has 0 aliphatic carbocycles. The molecule has 0 saturated carbocycles. The van der Waals surface area contributed by atoms with Crippen LogP contribution in [0.3, 0.4) is 0 Å². The van der Waals surface area contributed by atoms with Crippen LogP contribution in [0.5, 0.6) is 0 Å². The van der Waals surface area contributed by atoms with Crippen LogP contribution in [0.4, 0.5) is 0 Å². The molecule has 5 nitrogen and oxygen atoms in total. The SMILES string of the molecule is COP(=O)(CC(Cc1ccccc1)C(=O)OC(C)(C)C)OC. The molecule has 0 N–H and O–H groups in total. The molecule has 22 heavy (non-hydrogen) atoms. The van der Waals surface area contributed by atoms with Crippen molar-refractivity contribution in [1.29, 1.82) is 0 Å². The number of hydrogen-bond acceptors (Lipinski definition) is 5. The van der Waals surface area contributed by atoms with Crippen LogP contribution in [0.2, 0.25) is 0 Å². The van der Waals surface area contributed by atoms with Gasteiger partial charge in [0.25, 0.3) is 0 Å². The number of ether oxygens (including phenoxy) is 1. The number of hydrogen-bond donors (Lipinski definition) is 0. The number of carbonyl (C=O) groups excluding carboxylic acids is 1. The van der Waals surface area contributed by atoms with Crippen molar-refractivity contribution in [3.63, 3.8) is 0 Å². The van der Waals surface area contributed by atoms with Gasteiger partial charge in [0.05, 0.1) is 12.1 Å². The first-order chi connectivity index (χ1) is 10.2. The minimum atomic E-state index is -3.29. The molecule has 0 aliphatic rings. The predicted octanol–water partition coefficient (Wildman–Crippen LogP) is 3.67. The lowest BCUT2D eigenvalue weighted by molar-refractivity contribution is -0.159. The summed E-state index contributed by atoms with van der Waals surface area (Å²) in [5.41, 5.74) is 0.369. The lowest BCUT2D eigenvalue weighted by Gasteiger charge is -2.25. The molecule has 1 aromatic rings. The second-order valence-electron chi connectivity index (χ2n) is 6.08. The molecule has 1 atom stereocenters. The topological polar surface area (TPSA) is 61.8 Å². The van der Waals surface area contributed by atoms with Gasteiger partial charge < -0.3 is 13.8 Å². The van der Waals surface area contributed by atoms with Crippen LogP contribution < -0.4 is 0 Å². The van der Waals surface area contributed by atoms with Gasteiger partial charge in [0, 0.05) is 14.2 Å². The Morgan fingerprint density at radius 3 is 2.14 bits per heavy atom. The number of rotatable bonds is 7. The third kappa shape index (κ3) is 6.30. The first kappa shape index (κ1) is 18.9. The summed E-state index contributed by atoms with van der Waals surface area (Å²) >= 11 is 0. The number of esters is 1. The largest absolute Gasteiger partial charge is 0.460 e. The molecule has 0 spiro atoms. The third-order valence-corrected chi connectivity index (χ3v) is 5.07. The Kier molecular flexibility index (Phi) is 6.79. The second kappa shape index (κ2) is 7.91. The molecule has 1 rings (SSSR count). The fraction of sp³-hybridized carbons (Fsp3) is 0.562. The van der Waals surface area contributed by atoms with Gasteiger partial charge in [-0.25, -0.2) is 0 Å². The van der Waals surface area contributed by atoms with Crippen molar-refractivity contribution < 1.29 is 23.1 Å². The molecule has 0 aliphatic heterocycles. The predicted molar refractivity (Wildman–Crippen MR) is 86.0 cm³/mol. The molecule has 0 bridgehead atoms. The molecular weight excluding hydrogens is 303 g/mol. The van der Waals surface area contributed by atoms with Crippen LogP contribution in [0.1, 0.15) is 26.3 Å².